The zero-order valence-corrected chi connectivity index (χ0v) is 13.6. The van der Waals surface area contributed by atoms with Gasteiger partial charge in [0.15, 0.2) is 0 Å². The predicted octanol–water partition coefficient (Wildman–Crippen LogP) is 2.31. The Balaban J connectivity index is 1.95. The van der Waals surface area contributed by atoms with Crippen LogP contribution in [0.2, 0.25) is 10.0 Å². The highest BCUT2D eigenvalue weighted by Gasteiger charge is 2.29. The molecule has 1 aromatic heterocycles. The average molecular weight is 353 g/mol. The summed E-state index contributed by atoms with van der Waals surface area (Å²) in [6.07, 6.45) is 1.42. The number of carboxylic acid groups (broad SMARTS) is 1. The monoisotopic (exact) mass is 352 g/mol. The van der Waals surface area contributed by atoms with Crippen molar-refractivity contribution in [3.8, 4) is 11.3 Å². The van der Waals surface area contributed by atoms with Crippen LogP contribution in [-0.2, 0) is 4.79 Å². The summed E-state index contributed by atoms with van der Waals surface area (Å²) in [7, 11) is 0. The molecule has 0 spiro atoms. The van der Waals surface area contributed by atoms with E-state index in [4.69, 9.17) is 23.2 Å². The first kappa shape index (κ1) is 16.0. The second kappa shape index (κ2) is 6.70. The van der Waals surface area contributed by atoms with Crippen molar-refractivity contribution in [2.24, 2.45) is 0 Å². The first-order valence-corrected chi connectivity index (χ1v) is 7.79. The maximum atomic E-state index is 11.4. The van der Waals surface area contributed by atoms with Crippen LogP contribution in [0.5, 0.6) is 0 Å². The van der Waals surface area contributed by atoms with E-state index in [2.05, 4.69) is 15.3 Å². The lowest BCUT2D eigenvalue weighted by molar-refractivity contribution is -0.138. The van der Waals surface area contributed by atoms with Gasteiger partial charge in [0.1, 0.15) is 18.2 Å². The maximum absolute atomic E-state index is 11.4. The number of piperazine rings is 1. The van der Waals surface area contributed by atoms with Crippen molar-refractivity contribution in [2.75, 3.05) is 24.5 Å². The molecule has 120 valence electrons. The fourth-order valence-electron chi connectivity index (χ4n) is 2.52. The van der Waals surface area contributed by atoms with Crippen LogP contribution in [0, 0.1) is 0 Å². The van der Waals surface area contributed by atoms with Gasteiger partial charge in [-0.05, 0) is 12.1 Å². The molecule has 1 aromatic carbocycles. The first-order valence-electron chi connectivity index (χ1n) is 7.04. The van der Waals surface area contributed by atoms with E-state index in [1.54, 1.807) is 23.1 Å². The second-order valence-corrected chi connectivity index (χ2v) is 5.96. The Morgan fingerprint density at radius 2 is 2.09 bits per heavy atom. The van der Waals surface area contributed by atoms with Crippen molar-refractivity contribution in [1.29, 1.82) is 0 Å². The molecule has 2 heterocycles. The Morgan fingerprint density at radius 3 is 2.83 bits per heavy atom. The molecule has 23 heavy (non-hydrogen) atoms. The number of nitrogens with one attached hydrogen (secondary N) is 1. The summed E-state index contributed by atoms with van der Waals surface area (Å²) in [6.45, 7) is 1.64. The summed E-state index contributed by atoms with van der Waals surface area (Å²) in [6, 6.07) is 6.35. The standard InChI is InChI=1S/C15H14Cl2N4O2/c16-10-2-1-9(5-11(10)17)12-6-14(20-8-19-12)21-4-3-18-7-13(21)15(22)23/h1-2,5-6,8,13,18H,3-4,7H2,(H,22,23). The Morgan fingerprint density at radius 1 is 1.26 bits per heavy atom. The van der Waals surface area contributed by atoms with Crippen molar-refractivity contribution in [3.63, 3.8) is 0 Å². The van der Waals surface area contributed by atoms with Gasteiger partial charge in [-0.1, -0.05) is 29.3 Å². The molecule has 1 unspecified atom stereocenters. The molecule has 1 atom stereocenters. The lowest BCUT2D eigenvalue weighted by Crippen LogP contribution is -2.55. The largest absolute Gasteiger partial charge is 0.480 e. The van der Waals surface area contributed by atoms with E-state index in [0.717, 1.165) is 5.56 Å². The summed E-state index contributed by atoms with van der Waals surface area (Å²) < 4.78 is 0. The lowest BCUT2D eigenvalue weighted by atomic mass is 10.1. The van der Waals surface area contributed by atoms with Crippen LogP contribution >= 0.6 is 23.2 Å². The third-order valence-electron chi connectivity index (χ3n) is 3.69. The van der Waals surface area contributed by atoms with E-state index in [1.807, 2.05) is 6.07 Å². The molecule has 1 fully saturated rings. The summed E-state index contributed by atoms with van der Waals surface area (Å²) >= 11 is 12.0. The van der Waals surface area contributed by atoms with Crippen LogP contribution in [0.4, 0.5) is 5.82 Å². The molecule has 0 radical (unpaired) electrons. The van der Waals surface area contributed by atoms with E-state index >= 15 is 0 Å². The van der Waals surface area contributed by atoms with Crippen LogP contribution in [0.15, 0.2) is 30.6 Å². The van der Waals surface area contributed by atoms with Crippen molar-refractivity contribution in [1.82, 2.24) is 15.3 Å². The van der Waals surface area contributed by atoms with Gasteiger partial charge in [-0.2, -0.15) is 0 Å². The maximum Gasteiger partial charge on any atom is 0.327 e. The molecule has 2 aromatic rings. The van der Waals surface area contributed by atoms with Gasteiger partial charge >= 0.3 is 5.97 Å². The van der Waals surface area contributed by atoms with Crippen molar-refractivity contribution in [3.05, 3.63) is 40.6 Å². The number of benzene rings is 1. The number of hydrogen-bond donors (Lipinski definition) is 2. The van der Waals surface area contributed by atoms with Gasteiger partial charge in [0.05, 0.1) is 15.7 Å². The van der Waals surface area contributed by atoms with Crippen LogP contribution < -0.4 is 10.2 Å². The minimum atomic E-state index is -0.883. The fraction of sp³-hybridized carbons (Fsp3) is 0.267. The fourth-order valence-corrected chi connectivity index (χ4v) is 2.81. The number of nitrogens with zero attached hydrogens (tertiary/aromatic N) is 3. The third kappa shape index (κ3) is 3.39. The molecule has 8 heteroatoms. The number of hydrogen-bond acceptors (Lipinski definition) is 5. The lowest BCUT2D eigenvalue weighted by Gasteiger charge is -2.34. The Labute approximate surface area is 143 Å². The van der Waals surface area contributed by atoms with Gasteiger partial charge < -0.3 is 15.3 Å². The molecule has 1 saturated heterocycles. The molecule has 0 amide bonds. The highest BCUT2D eigenvalue weighted by Crippen LogP contribution is 2.29. The van der Waals surface area contributed by atoms with E-state index in [9.17, 15) is 9.90 Å². The number of halogens is 2. The SMILES string of the molecule is O=C(O)C1CNCCN1c1cc(-c2ccc(Cl)c(Cl)c2)ncn1. The minimum absolute atomic E-state index is 0.376. The molecule has 1 aliphatic rings. The number of carbonyl (C=O) groups is 1. The van der Waals surface area contributed by atoms with Gasteiger partial charge in [-0.15, -0.1) is 0 Å². The number of anilines is 1. The van der Waals surface area contributed by atoms with E-state index in [1.165, 1.54) is 6.33 Å². The molecule has 0 aliphatic carbocycles. The normalized spacial score (nSPS) is 18.0. The van der Waals surface area contributed by atoms with Gasteiger partial charge in [0.25, 0.3) is 0 Å². The van der Waals surface area contributed by atoms with E-state index in [0.29, 0.717) is 41.2 Å². The third-order valence-corrected chi connectivity index (χ3v) is 4.43. The molecule has 0 saturated carbocycles. The predicted molar refractivity (Wildman–Crippen MR) is 89.1 cm³/mol. The quantitative estimate of drug-likeness (QED) is 0.882. The van der Waals surface area contributed by atoms with Crippen LogP contribution in [0.1, 0.15) is 0 Å². The second-order valence-electron chi connectivity index (χ2n) is 5.14. The average Bonchev–Trinajstić information content (AvgIpc) is 2.57. The van der Waals surface area contributed by atoms with Gasteiger partial charge in [0.2, 0.25) is 0 Å². The zero-order valence-electron chi connectivity index (χ0n) is 12.0. The Hall–Kier alpha value is -1.89. The highest BCUT2D eigenvalue weighted by atomic mass is 35.5. The summed E-state index contributed by atoms with van der Waals surface area (Å²) in [4.78, 5) is 21.7. The molecular formula is C15H14Cl2N4O2. The van der Waals surface area contributed by atoms with Crippen molar-refractivity contribution < 1.29 is 9.90 Å². The molecule has 0 bridgehead atoms. The minimum Gasteiger partial charge on any atom is -0.480 e. The first-order chi connectivity index (χ1) is 11.1. The zero-order chi connectivity index (χ0) is 16.4. The summed E-state index contributed by atoms with van der Waals surface area (Å²) in [5.74, 6) is -0.304. The molecule has 6 nitrogen and oxygen atoms in total. The van der Waals surface area contributed by atoms with Crippen LogP contribution in [0.3, 0.4) is 0 Å². The van der Waals surface area contributed by atoms with Gasteiger partial charge in [-0.25, -0.2) is 14.8 Å². The van der Waals surface area contributed by atoms with E-state index in [-0.39, 0.29) is 0 Å². The smallest absolute Gasteiger partial charge is 0.327 e. The molecule has 2 N–H and O–H groups in total. The molecule has 1 aliphatic heterocycles. The molecule has 3 rings (SSSR count). The highest BCUT2D eigenvalue weighted by molar-refractivity contribution is 6.42. The van der Waals surface area contributed by atoms with Crippen molar-refractivity contribution in [2.45, 2.75) is 6.04 Å². The van der Waals surface area contributed by atoms with Crippen molar-refractivity contribution >= 4 is 35.0 Å². The number of carboxylic acids is 1. The van der Waals surface area contributed by atoms with Crippen LogP contribution in [-0.4, -0.2) is 46.7 Å². The molecular weight excluding hydrogens is 339 g/mol. The number of aliphatic carboxylic acids is 1. The number of aromatic nitrogens is 2. The van der Waals surface area contributed by atoms with Gasteiger partial charge in [0, 0.05) is 31.3 Å². The topological polar surface area (TPSA) is 78.4 Å². The Kier molecular flexibility index (Phi) is 4.66. The Bertz CT molecular complexity index is 741. The summed E-state index contributed by atoms with van der Waals surface area (Å²) in [5.41, 5.74) is 1.46. The van der Waals surface area contributed by atoms with E-state index < -0.39 is 12.0 Å². The number of rotatable bonds is 3. The van der Waals surface area contributed by atoms with Gasteiger partial charge in [-0.3, -0.25) is 0 Å². The summed E-state index contributed by atoms with van der Waals surface area (Å²) in [5, 5.41) is 13.4. The van der Waals surface area contributed by atoms with Crippen LogP contribution in [0.25, 0.3) is 11.3 Å².